The molecule has 0 radical (unpaired) electrons. The molecule has 2 aromatic carbocycles. The summed E-state index contributed by atoms with van der Waals surface area (Å²) >= 11 is 0. The summed E-state index contributed by atoms with van der Waals surface area (Å²) in [6.45, 7) is 1.90. The first-order valence-corrected chi connectivity index (χ1v) is 7.73. The van der Waals surface area contributed by atoms with Gasteiger partial charge in [0.15, 0.2) is 11.5 Å². The highest BCUT2D eigenvalue weighted by molar-refractivity contribution is 5.52. The van der Waals surface area contributed by atoms with Gasteiger partial charge in [0.2, 0.25) is 0 Å². The molecule has 2 aromatic rings. The van der Waals surface area contributed by atoms with E-state index in [1.165, 1.54) is 16.7 Å². The molecule has 4 nitrogen and oxygen atoms in total. The van der Waals surface area contributed by atoms with Gasteiger partial charge in [0.05, 0.1) is 21.3 Å². The fourth-order valence-electron chi connectivity index (χ4n) is 3.28. The van der Waals surface area contributed by atoms with Crippen LogP contribution in [0, 0.1) is 0 Å². The van der Waals surface area contributed by atoms with Crippen molar-refractivity contribution in [2.45, 2.75) is 12.5 Å². The number of benzene rings is 2. The van der Waals surface area contributed by atoms with Crippen molar-refractivity contribution in [2.75, 3.05) is 34.9 Å². The number of fused-ring (bicyclic) bond motifs is 1. The summed E-state index contributed by atoms with van der Waals surface area (Å²) in [5.74, 6) is 2.77. The number of ether oxygens (including phenoxy) is 3. The highest BCUT2D eigenvalue weighted by Gasteiger charge is 2.26. The van der Waals surface area contributed by atoms with Crippen molar-refractivity contribution in [1.29, 1.82) is 0 Å². The lowest BCUT2D eigenvalue weighted by atomic mass is 9.84. The van der Waals surface area contributed by atoms with E-state index in [9.17, 15) is 0 Å². The smallest absolute Gasteiger partial charge is 0.161 e. The Bertz CT molecular complexity index is 682. The lowest BCUT2D eigenvalue weighted by Gasteiger charge is -2.33. The molecule has 0 saturated heterocycles. The van der Waals surface area contributed by atoms with Gasteiger partial charge in [0.1, 0.15) is 5.75 Å². The molecule has 0 N–H and O–H groups in total. The van der Waals surface area contributed by atoms with Crippen molar-refractivity contribution >= 4 is 0 Å². The fraction of sp³-hybridized carbons (Fsp3) is 0.368. The van der Waals surface area contributed by atoms with Gasteiger partial charge in [-0.2, -0.15) is 0 Å². The first-order chi connectivity index (χ1) is 11.2. The lowest BCUT2D eigenvalue weighted by molar-refractivity contribution is 0.291. The zero-order valence-corrected chi connectivity index (χ0v) is 14.1. The van der Waals surface area contributed by atoms with E-state index < -0.39 is 0 Å². The summed E-state index contributed by atoms with van der Waals surface area (Å²) in [5, 5.41) is 0. The molecule has 1 heterocycles. The highest BCUT2D eigenvalue weighted by Crippen LogP contribution is 2.39. The first kappa shape index (κ1) is 15.7. The van der Waals surface area contributed by atoms with Gasteiger partial charge in [-0.1, -0.05) is 12.1 Å². The second kappa shape index (κ2) is 6.50. The van der Waals surface area contributed by atoms with Gasteiger partial charge in [-0.15, -0.1) is 0 Å². The van der Waals surface area contributed by atoms with E-state index in [0.717, 1.165) is 30.3 Å². The maximum Gasteiger partial charge on any atom is 0.161 e. The lowest BCUT2D eigenvalue weighted by Crippen LogP contribution is -2.31. The van der Waals surface area contributed by atoms with Crippen LogP contribution in [-0.4, -0.2) is 39.8 Å². The second-order valence-corrected chi connectivity index (χ2v) is 5.93. The molecule has 0 amide bonds. The predicted octanol–water partition coefficient (Wildman–Crippen LogP) is 3.29. The summed E-state index contributed by atoms with van der Waals surface area (Å²) in [6.07, 6.45) is 0. The molecular weight excluding hydrogens is 290 g/mol. The minimum atomic E-state index is 0.314. The number of nitrogens with zero attached hydrogens (tertiary/aromatic N) is 1. The van der Waals surface area contributed by atoms with Crippen LogP contribution < -0.4 is 14.2 Å². The molecule has 122 valence electrons. The molecule has 0 aliphatic carbocycles. The molecular formula is C19H23NO3. The minimum absolute atomic E-state index is 0.314. The molecule has 4 heteroatoms. The van der Waals surface area contributed by atoms with Gasteiger partial charge in [-0.05, 0) is 48.0 Å². The van der Waals surface area contributed by atoms with Crippen LogP contribution in [0.25, 0.3) is 0 Å². The van der Waals surface area contributed by atoms with Crippen molar-refractivity contribution in [3.63, 3.8) is 0 Å². The quantitative estimate of drug-likeness (QED) is 0.867. The Morgan fingerprint density at radius 2 is 1.57 bits per heavy atom. The molecule has 1 aliphatic rings. The fourth-order valence-corrected chi connectivity index (χ4v) is 3.28. The first-order valence-electron chi connectivity index (χ1n) is 7.73. The zero-order valence-electron chi connectivity index (χ0n) is 14.1. The van der Waals surface area contributed by atoms with Crippen LogP contribution in [-0.2, 0) is 6.54 Å². The molecule has 0 saturated carbocycles. The Hall–Kier alpha value is -2.20. The van der Waals surface area contributed by atoms with Crippen LogP contribution in [0.2, 0.25) is 0 Å². The standard InChI is InChI=1S/C19H23NO3/c1-20-11-14-9-18(22-3)19(23-4)10-16(14)17(12-20)13-5-7-15(21-2)8-6-13/h5-10,17H,11-12H2,1-4H3. The summed E-state index contributed by atoms with van der Waals surface area (Å²) in [5.41, 5.74) is 3.88. The van der Waals surface area contributed by atoms with Gasteiger partial charge < -0.3 is 19.1 Å². The average molecular weight is 313 g/mol. The number of methoxy groups -OCH3 is 3. The zero-order chi connectivity index (χ0) is 16.4. The van der Waals surface area contributed by atoms with Crippen molar-refractivity contribution in [3.05, 3.63) is 53.1 Å². The molecule has 1 atom stereocenters. The molecule has 1 unspecified atom stereocenters. The predicted molar refractivity (Wildman–Crippen MR) is 90.7 cm³/mol. The third-order valence-electron chi connectivity index (χ3n) is 4.47. The van der Waals surface area contributed by atoms with Crippen molar-refractivity contribution < 1.29 is 14.2 Å². The van der Waals surface area contributed by atoms with Crippen LogP contribution in [0.15, 0.2) is 36.4 Å². The number of likely N-dealkylation sites (N-methyl/N-ethyl adjacent to an activating group) is 1. The highest BCUT2D eigenvalue weighted by atomic mass is 16.5. The summed E-state index contributed by atoms with van der Waals surface area (Å²) in [7, 11) is 7.20. The number of rotatable bonds is 4. The van der Waals surface area contributed by atoms with E-state index in [2.05, 4.69) is 36.2 Å². The van der Waals surface area contributed by atoms with Crippen molar-refractivity contribution in [1.82, 2.24) is 4.90 Å². The van der Waals surface area contributed by atoms with Gasteiger partial charge >= 0.3 is 0 Å². The Morgan fingerprint density at radius 1 is 0.913 bits per heavy atom. The van der Waals surface area contributed by atoms with Gasteiger partial charge in [-0.25, -0.2) is 0 Å². The van der Waals surface area contributed by atoms with E-state index in [1.807, 2.05) is 12.1 Å². The van der Waals surface area contributed by atoms with Crippen LogP contribution in [0.1, 0.15) is 22.6 Å². The third-order valence-corrected chi connectivity index (χ3v) is 4.47. The third kappa shape index (κ3) is 2.99. The minimum Gasteiger partial charge on any atom is -0.497 e. The van der Waals surface area contributed by atoms with Crippen molar-refractivity contribution in [2.24, 2.45) is 0 Å². The molecule has 0 bridgehead atoms. The summed E-state index contributed by atoms with van der Waals surface area (Å²) in [6, 6.07) is 12.5. The summed E-state index contributed by atoms with van der Waals surface area (Å²) < 4.78 is 16.2. The Morgan fingerprint density at radius 3 is 2.17 bits per heavy atom. The largest absolute Gasteiger partial charge is 0.497 e. The molecule has 3 rings (SSSR count). The van der Waals surface area contributed by atoms with Crippen LogP contribution in [0.5, 0.6) is 17.2 Å². The van der Waals surface area contributed by atoms with Crippen LogP contribution in [0.4, 0.5) is 0 Å². The molecule has 1 aliphatic heterocycles. The Labute approximate surface area is 137 Å². The topological polar surface area (TPSA) is 30.9 Å². The number of hydrogen-bond acceptors (Lipinski definition) is 4. The van der Waals surface area contributed by atoms with E-state index in [0.29, 0.717) is 5.92 Å². The molecule has 0 spiro atoms. The molecule has 23 heavy (non-hydrogen) atoms. The van der Waals surface area contributed by atoms with Gasteiger partial charge in [0, 0.05) is 19.0 Å². The van der Waals surface area contributed by atoms with E-state index in [-0.39, 0.29) is 0 Å². The molecule has 0 fully saturated rings. The molecule has 0 aromatic heterocycles. The maximum atomic E-state index is 5.49. The van der Waals surface area contributed by atoms with E-state index >= 15 is 0 Å². The maximum absolute atomic E-state index is 5.49. The monoisotopic (exact) mass is 313 g/mol. The van der Waals surface area contributed by atoms with Crippen molar-refractivity contribution in [3.8, 4) is 17.2 Å². The summed E-state index contributed by atoms with van der Waals surface area (Å²) in [4.78, 5) is 2.34. The number of hydrogen-bond donors (Lipinski definition) is 0. The Kier molecular flexibility index (Phi) is 4.44. The second-order valence-electron chi connectivity index (χ2n) is 5.93. The van der Waals surface area contributed by atoms with E-state index in [4.69, 9.17) is 14.2 Å². The normalized spacial score (nSPS) is 17.5. The average Bonchev–Trinajstić information content (AvgIpc) is 2.59. The van der Waals surface area contributed by atoms with Crippen LogP contribution >= 0.6 is 0 Å². The van der Waals surface area contributed by atoms with Crippen LogP contribution in [0.3, 0.4) is 0 Å². The SMILES string of the molecule is COc1ccc(C2CN(C)Cc3cc(OC)c(OC)cc32)cc1. The van der Waals surface area contributed by atoms with Gasteiger partial charge in [-0.3, -0.25) is 0 Å². The Balaban J connectivity index is 2.06. The van der Waals surface area contributed by atoms with Gasteiger partial charge in [0.25, 0.3) is 0 Å². The van der Waals surface area contributed by atoms with E-state index in [1.54, 1.807) is 21.3 Å².